The predicted octanol–water partition coefficient (Wildman–Crippen LogP) is 0.877. The number of fused-ring (bicyclic) bond motifs is 1. The van der Waals surface area contributed by atoms with Crippen LogP contribution in [0.25, 0.3) is 16.7 Å². The highest BCUT2D eigenvalue weighted by Crippen LogP contribution is 2.13. The van der Waals surface area contributed by atoms with Gasteiger partial charge in [0.25, 0.3) is 5.56 Å². The van der Waals surface area contributed by atoms with Crippen LogP contribution in [0.1, 0.15) is 12.8 Å². The summed E-state index contributed by atoms with van der Waals surface area (Å²) < 4.78 is 8.38. The topological polar surface area (TPSA) is 91.0 Å². The van der Waals surface area contributed by atoms with E-state index in [1.807, 2.05) is 30.3 Å². The SMILES string of the molecule is O=C(Cn1cnc2c(cnn2-c2ccccc2)c1=O)NC[C@H]1CCCO1. The van der Waals surface area contributed by atoms with Gasteiger partial charge < -0.3 is 10.1 Å². The van der Waals surface area contributed by atoms with Crippen molar-refractivity contribution in [1.29, 1.82) is 0 Å². The predicted molar refractivity (Wildman–Crippen MR) is 95.1 cm³/mol. The Balaban J connectivity index is 1.53. The highest BCUT2D eigenvalue weighted by Gasteiger charge is 2.17. The average molecular weight is 353 g/mol. The molecule has 1 aliphatic heterocycles. The van der Waals surface area contributed by atoms with Gasteiger partial charge in [-0.2, -0.15) is 5.10 Å². The van der Waals surface area contributed by atoms with Gasteiger partial charge in [0, 0.05) is 13.2 Å². The van der Waals surface area contributed by atoms with Gasteiger partial charge in [0.1, 0.15) is 18.3 Å². The zero-order valence-electron chi connectivity index (χ0n) is 14.2. The molecule has 0 saturated carbocycles. The van der Waals surface area contributed by atoms with Crippen molar-refractivity contribution < 1.29 is 9.53 Å². The molecule has 4 rings (SSSR count). The minimum atomic E-state index is -0.288. The number of hydrogen-bond donors (Lipinski definition) is 1. The summed E-state index contributed by atoms with van der Waals surface area (Å²) >= 11 is 0. The number of hydrogen-bond acceptors (Lipinski definition) is 5. The van der Waals surface area contributed by atoms with Crippen LogP contribution in [-0.4, -0.2) is 44.5 Å². The molecule has 0 aliphatic carbocycles. The third-order valence-electron chi connectivity index (χ3n) is 4.42. The normalized spacial score (nSPS) is 16.8. The van der Waals surface area contributed by atoms with E-state index >= 15 is 0 Å². The molecular weight excluding hydrogens is 334 g/mol. The van der Waals surface area contributed by atoms with Crippen molar-refractivity contribution in [3.63, 3.8) is 0 Å². The van der Waals surface area contributed by atoms with Gasteiger partial charge in [0.2, 0.25) is 5.91 Å². The molecule has 0 radical (unpaired) electrons. The Morgan fingerprint density at radius 3 is 2.92 bits per heavy atom. The lowest BCUT2D eigenvalue weighted by atomic mass is 10.2. The summed E-state index contributed by atoms with van der Waals surface area (Å²) in [6.45, 7) is 1.13. The summed E-state index contributed by atoms with van der Waals surface area (Å²) in [5.74, 6) is -0.237. The number of carbonyl (C=O) groups is 1. The van der Waals surface area contributed by atoms with Gasteiger partial charge in [0.05, 0.1) is 18.0 Å². The van der Waals surface area contributed by atoms with Gasteiger partial charge in [-0.15, -0.1) is 0 Å². The second-order valence-corrected chi connectivity index (χ2v) is 6.25. The summed E-state index contributed by atoms with van der Waals surface area (Å²) in [5.41, 5.74) is 1.00. The largest absolute Gasteiger partial charge is 0.376 e. The Labute approximate surface area is 149 Å². The summed E-state index contributed by atoms with van der Waals surface area (Å²) in [6.07, 6.45) is 4.91. The molecule has 1 saturated heterocycles. The maximum absolute atomic E-state index is 12.6. The molecule has 8 nitrogen and oxygen atoms in total. The smallest absolute Gasteiger partial charge is 0.264 e. The summed E-state index contributed by atoms with van der Waals surface area (Å²) in [4.78, 5) is 29.1. The monoisotopic (exact) mass is 353 g/mol. The quantitative estimate of drug-likeness (QED) is 0.735. The lowest BCUT2D eigenvalue weighted by Crippen LogP contribution is -2.36. The van der Waals surface area contributed by atoms with E-state index in [1.165, 1.54) is 17.1 Å². The molecule has 1 atom stereocenters. The lowest BCUT2D eigenvalue weighted by molar-refractivity contribution is -0.122. The number of nitrogens with zero attached hydrogens (tertiary/aromatic N) is 4. The first-order valence-corrected chi connectivity index (χ1v) is 8.59. The number of ether oxygens (including phenoxy) is 1. The van der Waals surface area contributed by atoms with Gasteiger partial charge in [-0.05, 0) is 25.0 Å². The zero-order chi connectivity index (χ0) is 17.9. The molecule has 1 fully saturated rings. The fourth-order valence-corrected chi connectivity index (χ4v) is 3.06. The van der Waals surface area contributed by atoms with Crippen LogP contribution in [0.5, 0.6) is 0 Å². The summed E-state index contributed by atoms with van der Waals surface area (Å²) in [7, 11) is 0. The minimum Gasteiger partial charge on any atom is -0.376 e. The van der Waals surface area contributed by atoms with Crippen LogP contribution in [0.2, 0.25) is 0 Å². The standard InChI is InChI=1S/C18H19N5O3/c24-16(19-9-14-7-4-8-26-14)11-22-12-20-17-15(18(22)25)10-21-23(17)13-5-2-1-3-6-13/h1-3,5-6,10,12,14H,4,7-9,11H2,(H,19,24)/t14-/m1/s1. The summed E-state index contributed by atoms with van der Waals surface area (Å²) in [6, 6.07) is 9.46. The van der Waals surface area contributed by atoms with Crippen molar-refractivity contribution in [3.8, 4) is 5.69 Å². The van der Waals surface area contributed by atoms with Crippen LogP contribution in [0.4, 0.5) is 0 Å². The maximum Gasteiger partial charge on any atom is 0.264 e. The minimum absolute atomic E-state index is 0.0698. The van der Waals surface area contributed by atoms with E-state index < -0.39 is 0 Å². The average Bonchev–Trinajstić information content (AvgIpc) is 3.33. The number of carbonyl (C=O) groups excluding carboxylic acids is 1. The Hall–Kier alpha value is -3.00. The van der Waals surface area contributed by atoms with Crippen LogP contribution in [0, 0.1) is 0 Å². The van der Waals surface area contributed by atoms with E-state index in [4.69, 9.17) is 4.74 Å². The van der Waals surface area contributed by atoms with Crippen molar-refractivity contribution in [3.05, 3.63) is 53.2 Å². The fourth-order valence-electron chi connectivity index (χ4n) is 3.06. The van der Waals surface area contributed by atoms with E-state index in [2.05, 4.69) is 15.4 Å². The van der Waals surface area contributed by atoms with Crippen LogP contribution >= 0.6 is 0 Å². The van der Waals surface area contributed by atoms with Gasteiger partial charge in [-0.25, -0.2) is 9.67 Å². The van der Waals surface area contributed by atoms with Gasteiger partial charge >= 0.3 is 0 Å². The molecule has 0 unspecified atom stereocenters. The van der Waals surface area contributed by atoms with Crippen molar-refractivity contribution in [2.24, 2.45) is 0 Å². The first-order chi connectivity index (χ1) is 12.7. The van der Waals surface area contributed by atoms with E-state index in [0.29, 0.717) is 17.6 Å². The molecule has 3 heterocycles. The second-order valence-electron chi connectivity index (χ2n) is 6.25. The Kier molecular flexibility index (Phi) is 4.49. The third kappa shape index (κ3) is 3.23. The molecular formula is C18H19N5O3. The summed E-state index contributed by atoms with van der Waals surface area (Å²) in [5, 5.41) is 7.44. The highest BCUT2D eigenvalue weighted by molar-refractivity contribution is 5.77. The van der Waals surface area contributed by atoms with Crippen molar-refractivity contribution >= 4 is 16.9 Å². The molecule has 134 valence electrons. The van der Waals surface area contributed by atoms with Crippen LogP contribution < -0.4 is 10.9 Å². The molecule has 26 heavy (non-hydrogen) atoms. The van der Waals surface area contributed by atoms with Crippen molar-refractivity contribution in [1.82, 2.24) is 24.6 Å². The fraction of sp³-hybridized carbons (Fsp3) is 0.333. The Bertz CT molecular complexity index is 973. The maximum atomic E-state index is 12.6. The number of para-hydroxylation sites is 1. The zero-order valence-corrected chi connectivity index (χ0v) is 14.2. The van der Waals surface area contributed by atoms with Crippen LogP contribution in [0.15, 0.2) is 47.7 Å². The number of amides is 1. The third-order valence-corrected chi connectivity index (χ3v) is 4.42. The van der Waals surface area contributed by atoms with Gasteiger partial charge in [0.15, 0.2) is 5.65 Å². The molecule has 3 aromatic rings. The number of nitrogens with one attached hydrogen (secondary N) is 1. The Morgan fingerprint density at radius 1 is 1.31 bits per heavy atom. The number of aromatic nitrogens is 4. The Morgan fingerprint density at radius 2 is 2.15 bits per heavy atom. The molecule has 0 spiro atoms. The molecule has 1 N–H and O–H groups in total. The first-order valence-electron chi connectivity index (χ1n) is 8.59. The van der Waals surface area contributed by atoms with Gasteiger partial charge in [-0.1, -0.05) is 18.2 Å². The first kappa shape index (κ1) is 16.5. The van der Waals surface area contributed by atoms with Gasteiger partial charge in [-0.3, -0.25) is 14.2 Å². The molecule has 1 aliphatic rings. The van der Waals surface area contributed by atoms with E-state index in [0.717, 1.165) is 25.1 Å². The molecule has 0 bridgehead atoms. The number of benzene rings is 1. The second kappa shape index (κ2) is 7.09. The van der Waals surface area contributed by atoms with E-state index in [1.54, 1.807) is 4.68 Å². The molecule has 1 aromatic carbocycles. The van der Waals surface area contributed by atoms with Crippen molar-refractivity contribution in [2.45, 2.75) is 25.5 Å². The van der Waals surface area contributed by atoms with Crippen LogP contribution in [-0.2, 0) is 16.1 Å². The molecule has 2 aromatic heterocycles. The lowest BCUT2D eigenvalue weighted by Gasteiger charge is -2.11. The van der Waals surface area contributed by atoms with E-state index in [-0.39, 0.29) is 24.1 Å². The van der Waals surface area contributed by atoms with Crippen LogP contribution in [0.3, 0.4) is 0 Å². The van der Waals surface area contributed by atoms with Crippen molar-refractivity contribution in [2.75, 3.05) is 13.2 Å². The highest BCUT2D eigenvalue weighted by atomic mass is 16.5. The molecule has 1 amide bonds. The number of rotatable bonds is 5. The molecule has 8 heteroatoms. The van der Waals surface area contributed by atoms with E-state index in [9.17, 15) is 9.59 Å².